The third kappa shape index (κ3) is 8.82. The Morgan fingerprint density at radius 1 is 0.842 bits per heavy atom. The van der Waals surface area contributed by atoms with Crippen LogP contribution in [0.5, 0.6) is 0 Å². The first-order valence-electron chi connectivity index (χ1n) is 12.4. The number of carbonyl (C=O) groups excluding carboxylic acids is 2. The Balaban J connectivity index is 1.90. The normalized spacial score (nSPS) is 11.7. The molecule has 1 N–H and O–H groups in total. The highest BCUT2D eigenvalue weighted by Gasteiger charge is 2.31. The van der Waals surface area contributed by atoms with Gasteiger partial charge in [-0.05, 0) is 41.8 Å². The van der Waals surface area contributed by atoms with Gasteiger partial charge in [0.15, 0.2) is 0 Å². The molecule has 0 saturated carbocycles. The lowest BCUT2D eigenvalue weighted by molar-refractivity contribution is -0.139. The summed E-state index contributed by atoms with van der Waals surface area (Å²) in [6, 6.07) is 19.4. The van der Waals surface area contributed by atoms with Gasteiger partial charge in [0.1, 0.15) is 6.04 Å². The molecule has 3 aromatic carbocycles. The number of thioether (sulfide) groups is 1. The predicted octanol–water partition coefficient (Wildman–Crippen LogP) is 8.09. The van der Waals surface area contributed by atoms with Crippen LogP contribution in [0.4, 0.5) is 0 Å². The van der Waals surface area contributed by atoms with E-state index in [4.69, 9.17) is 46.4 Å². The third-order valence-electron chi connectivity index (χ3n) is 6.02. The van der Waals surface area contributed by atoms with Gasteiger partial charge in [-0.1, -0.05) is 102 Å². The van der Waals surface area contributed by atoms with Crippen LogP contribution in [0.3, 0.4) is 0 Å². The number of nitrogens with one attached hydrogen (secondary N) is 1. The van der Waals surface area contributed by atoms with E-state index in [1.165, 1.54) is 11.8 Å². The SMILES string of the molecule is CCCCNC(=O)[C@@H](Cc1ccccc1)N(Cc1c(Cl)cccc1Cl)C(=O)CSCc1c(Cl)cccc1Cl. The maximum atomic E-state index is 13.8. The maximum Gasteiger partial charge on any atom is 0.243 e. The van der Waals surface area contributed by atoms with Gasteiger partial charge in [0, 0.05) is 50.9 Å². The number of hydrogen-bond donors (Lipinski definition) is 1. The predicted molar refractivity (Wildman–Crippen MR) is 161 cm³/mol. The second-order valence-electron chi connectivity index (χ2n) is 8.76. The van der Waals surface area contributed by atoms with E-state index in [0.29, 0.717) is 44.4 Å². The summed E-state index contributed by atoms with van der Waals surface area (Å²) in [7, 11) is 0. The molecule has 3 aromatic rings. The molecule has 0 bridgehead atoms. The molecule has 0 heterocycles. The van der Waals surface area contributed by atoms with Gasteiger partial charge in [0.05, 0.1) is 5.75 Å². The Bertz CT molecular complexity index is 1190. The number of nitrogens with zero attached hydrogens (tertiary/aromatic N) is 1. The summed E-state index contributed by atoms with van der Waals surface area (Å²) in [5.74, 6) is 0.160. The van der Waals surface area contributed by atoms with E-state index in [1.54, 1.807) is 41.3 Å². The van der Waals surface area contributed by atoms with Gasteiger partial charge in [0.25, 0.3) is 0 Å². The smallest absolute Gasteiger partial charge is 0.243 e. The number of halogens is 4. The van der Waals surface area contributed by atoms with Crippen molar-refractivity contribution in [3.63, 3.8) is 0 Å². The van der Waals surface area contributed by atoms with E-state index < -0.39 is 6.04 Å². The van der Waals surface area contributed by atoms with Crippen molar-refractivity contribution in [2.75, 3.05) is 12.3 Å². The third-order valence-corrected chi connectivity index (χ3v) is 8.38. The van der Waals surface area contributed by atoms with Crippen molar-refractivity contribution in [3.05, 3.63) is 104 Å². The number of benzene rings is 3. The van der Waals surface area contributed by atoms with E-state index in [1.807, 2.05) is 30.3 Å². The Labute approximate surface area is 249 Å². The Morgan fingerprint density at radius 3 is 2.00 bits per heavy atom. The summed E-state index contributed by atoms with van der Waals surface area (Å²) in [6.45, 7) is 2.70. The minimum atomic E-state index is -0.751. The molecule has 1 atom stereocenters. The number of carbonyl (C=O) groups is 2. The lowest BCUT2D eigenvalue weighted by Gasteiger charge is -2.32. The largest absolute Gasteiger partial charge is 0.354 e. The number of unbranched alkanes of at least 4 members (excludes halogenated alkanes) is 1. The molecule has 0 spiro atoms. The monoisotopic (exact) mass is 610 g/mol. The van der Waals surface area contributed by atoms with Gasteiger partial charge in [-0.15, -0.1) is 11.8 Å². The molecule has 2 amide bonds. The van der Waals surface area contributed by atoms with Crippen LogP contribution in [0, 0.1) is 0 Å². The Kier molecular flexibility index (Phi) is 12.6. The summed E-state index contributed by atoms with van der Waals surface area (Å²) in [4.78, 5) is 28.9. The highest BCUT2D eigenvalue weighted by molar-refractivity contribution is 7.99. The molecule has 0 radical (unpaired) electrons. The minimum absolute atomic E-state index is 0.101. The maximum absolute atomic E-state index is 13.8. The lowest BCUT2D eigenvalue weighted by Crippen LogP contribution is -2.51. The van der Waals surface area contributed by atoms with Crippen LogP contribution in [0.15, 0.2) is 66.7 Å². The first kappa shape index (κ1) is 30.6. The van der Waals surface area contributed by atoms with Gasteiger partial charge in [-0.25, -0.2) is 0 Å². The van der Waals surface area contributed by atoms with Crippen molar-refractivity contribution < 1.29 is 9.59 Å². The fourth-order valence-corrected chi connectivity index (χ4v) is 6.07. The van der Waals surface area contributed by atoms with Gasteiger partial charge >= 0.3 is 0 Å². The first-order valence-corrected chi connectivity index (χ1v) is 15.0. The molecule has 4 nitrogen and oxygen atoms in total. The zero-order valence-electron chi connectivity index (χ0n) is 21.1. The van der Waals surface area contributed by atoms with Crippen molar-refractivity contribution in [1.29, 1.82) is 0 Å². The lowest BCUT2D eigenvalue weighted by atomic mass is 10.0. The molecule has 0 unspecified atom stereocenters. The molecule has 0 aliphatic carbocycles. The molecule has 0 saturated heterocycles. The van der Waals surface area contributed by atoms with E-state index in [-0.39, 0.29) is 24.1 Å². The van der Waals surface area contributed by atoms with E-state index >= 15 is 0 Å². The molecule has 0 aliphatic heterocycles. The summed E-state index contributed by atoms with van der Waals surface area (Å²) < 4.78 is 0. The summed E-state index contributed by atoms with van der Waals surface area (Å²) in [5, 5.41) is 4.99. The number of hydrogen-bond acceptors (Lipinski definition) is 3. The van der Waals surface area contributed by atoms with Crippen LogP contribution in [0.1, 0.15) is 36.5 Å². The highest BCUT2D eigenvalue weighted by Crippen LogP contribution is 2.30. The average molecular weight is 612 g/mol. The second-order valence-corrected chi connectivity index (χ2v) is 11.4. The van der Waals surface area contributed by atoms with Crippen LogP contribution in [0.2, 0.25) is 20.1 Å². The molecule has 38 heavy (non-hydrogen) atoms. The van der Waals surface area contributed by atoms with Crippen LogP contribution in [-0.2, 0) is 28.3 Å². The minimum Gasteiger partial charge on any atom is -0.354 e. The average Bonchev–Trinajstić information content (AvgIpc) is 2.90. The Hall–Kier alpha value is -1.89. The Morgan fingerprint density at radius 2 is 1.42 bits per heavy atom. The molecule has 0 aromatic heterocycles. The second kappa shape index (κ2) is 15.6. The van der Waals surface area contributed by atoms with Crippen molar-refractivity contribution in [3.8, 4) is 0 Å². The van der Waals surface area contributed by atoms with Crippen molar-refractivity contribution in [2.24, 2.45) is 0 Å². The molecule has 0 aliphatic rings. The first-order chi connectivity index (χ1) is 18.3. The summed E-state index contributed by atoms with van der Waals surface area (Å²) >= 11 is 27.0. The van der Waals surface area contributed by atoms with E-state index in [2.05, 4.69) is 12.2 Å². The van der Waals surface area contributed by atoms with Crippen LogP contribution in [-0.4, -0.2) is 35.1 Å². The highest BCUT2D eigenvalue weighted by atomic mass is 35.5. The zero-order valence-corrected chi connectivity index (χ0v) is 24.9. The molecular formula is C29H30Cl4N2O2S. The fourth-order valence-electron chi connectivity index (χ4n) is 3.91. The molecule has 0 fully saturated rings. The summed E-state index contributed by atoms with van der Waals surface area (Å²) in [6.07, 6.45) is 2.15. The fraction of sp³-hybridized carbons (Fsp3) is 0.310. The van der Waals surface area contributed by atoms with E-state index in [9.17, 15) is 9.59 Å². The topological polar surface area (TPSA) is 49.4 Å². The van der Waals surface area contributed by atoms with Crippen molar-refractivity contribution in [2.45, 2.75) is 44.5 Å². The standard InChI is InChI=1S/C29H30Cl4N2O2S/c1-2-3-15-34-29(37)27(16-20-9-5-4-6-10-20)35(17-21-23(30)11-7-12-24(21)31)28(36)19-38-18-22-25(32)13-8-14-26(22)33/h4-14,27H,2-3,15-19H2,1H3,(H,34,37)/t27-/m1/s1. The molecule has 3 rings (SSSR count). The van der Waals surface area contributed by atoms with E-state index in [0.717, 1.165) is 24.0 Å². The van der Waals surface area contributed by atoms with Crippen LogP contribution >= 0.6 is 58.2 Å². The van der Waals surface area contributed by atoms with Gasteiger partial charge in [-0.2, -0.15) is 0 Å². The molecule has 202 valence electrons. The number of amides is 2. The summed E-state index contributed by atoms with van der Waals surface area (Å²) in [5.41, 5.74) is 2.32. The van der Waals surface area contributed by atoms with Gasteiger partial charge in [0.2, 0.25) is 11.8 Å². The van der Waals surface area contributed by atoms with Crippen molar-refractivity contribution >= 4 is 70.0 Å². The van der Waals surface area contributed by atoms with Crippen LogP contribution in [0.25, 0.3) is 0 Å². The number of rotatable bonds is 13. The van der Waals surface area contributed by atoms with Gasteiger partial charge in [-0.3, -0.25) is 9.59 Å². The zero-order chi connectivity index (χ0) is 27.5. The van der Waals surface area contributed by atoms with Crippen LogP contribution < -0.4 is 5.32 Å². The molecular weight excluding hydrogens is 582 g/mol. The molecule has 9 heteroatoms. The van der Waals surface area contributed by atoms with Gasteiger partial charge < -0.3 is 10.2 Å². The van der Waals surface area contributed by atoms with Crippen molar-refractivity contribution in [1.82, 2.24) is 10.2 Å². The quantitative estimate of drug-likeness (QED) is 0.199.